The maximum Gasteiger partial charge on any atom is 0.278 e. The molecule has 1 aliphatic rings. The van der Waals surface area contributed by atoms with Crippen LogP contribution in [-0.2, 0) is 5.41 Å². The number of nitrogens with zero attached hydrogens (tertiary/aromatic N) is 3. The van der Waals surface area contributed by atoms with Crippen LogP contribution in [0.4, 0.5) is 0 Å². The van der Waals surface area contributed by atoms with Crippen molar-refractivity contribution in [2.24, 2.45) is 0 Å². The van der Waals surface area contributed by atoms with Crippen LogP contribution < -0.4 is 5.32 Å². The smallest absolute Gasteiger partial charge is 0.278 e. The van der Waals surface area contributed by atoms with Crippen LogP contribution in [0.15, 0.2) is 10.6 Å². The molecule has 1 saturated heterocycles. The molecule has 0 aromatic carbocycles. The molecule has 2 aromatic rings. The zero-order chi connectivity index (χ0) is 13.5. The topological polar surface area (TPSA) is 79.6 Å². The van der Waals surface area contributed by atoms with E-state index in [4.69, 9.17) is 4.52 Å². The van der Waals surface area contributed by atoms with Crippen LogP contribution in [0.3, 0.4) is 0 Å². The standard InChI is InChI=1S/C13H19N5O/c1-13(2,3)12-15-11(19-18-12)10-6-9(16-17-10)8-4-5-14-7-8/h6,8,14H,4-5,7H2,1-3H3,(H,16,17). The van der Waals surface area contributed by atoms with Crippen molar-refractivity contribution in [2.45, 2.75) is 38.5 Å². The summed E-state index contributed by atoms with van der Waals surface area (Å²) >= 11 is 0. The summed E-state index contributed by atoms with van der Waals surface area (Å²) < 4.78 is 5.29. The van der Waals surface area contributed by atoms with E-state index in [0.717, 1.165) is 30.9 Å². The first-order valence-corrected chi connectivity index (χ1v) is 6.64. The molecule has 0 amide bonds. The van der Waals surface area contributed by atoms with Crippen LogP contribution in [0.2, 0.25) is 0 Å². The molecule has 0 spiro atoms. The molecule has 0 saturated carbocycles. The average Bonchev–Trinajstić information content (AvgIpc) is 3.10. The van der Waals surface area contributed by atoms with Gasteiger partial charge in [0.25, 0.3) is 5.89 Å². The van der Waals surface area contributed by atoms with Crippen molar-refractivity contribution >= 4 is 0 Å². The predicted molar refractivity (Wildman–Crippen MR) is 70.8 cm³/mol. The van der Waals surface area contributed by atoms with Crippen molar-refractivity contribution in [1.82, 2.24) is 25.7 Å². The maximum absolute atomic E-state index is 5.29. The third kappa shape index (κ3) is 2.40. The van der Waals surface area contributed by atoms with Gasteiger partial charge in [-0.3, -0.25) is 5.10 Å². The molecule has 2 N–H and O–H groups in total. The van der Waals surface area contributed by atoms with Gasteiger partial charge in [-0.2, -0.15) is 10.1 Å². The third-order valence-electron chi connectivity index (χ3n) is 3.41. The van der Waals surface area contributed by atoms with Crippen molar-refractivity contribution in [3.05, 3.63) is 17.6 Å². The highest BCUT2D eigenvalue weighted by atomic mass is 16.5. The van der Waals surface area contributed by atoms with E-state index in [9.17, 15) is 0 Å². The molecule has 1 unspecified atom stereocenters. The van der Waals surface area contributed by atoms with Gasteiger partial charge in [-0.15, -0.1) is 0 Å². The van der Waals surface area contributed by atoms with E-state index in [1.54, 1.807) is 0 Å². The van der Waals surface area contributed by atoms with Crippen LogP contribution in [0.25, 0.3) is 11.6 Å². The summed E-state index contributed by atoms with van der Waals surface area (Å²) in [4.78, 5) is 4.42. The molecule has 1 fully saturated rings. The Balaban J connectivity index is 1.84. The Morgan fingerprint density at radius 2 is 2.21 bits per heavy atom. The zero-order valence-electron chi connectivity index (χ0n) is 11.5. The lowest BCUT2D eigenvalue weighted by Gasteiger charge is -2.10. The number of hydrogen-bond acceptors (Lipinski definition) is 5. The molecule has 6 heteroatoms. The summed E-state index contributed by atoms with van der Waals surface area (Å²) in [6.45, 7) is 8.23. The highest BCUT2D eigenvalue weighted by Crippen LogP contribution is 2.26. The minimum absolute atomic E-state index is 0.115. The predicted octanol–water partition coefficient (Wildman–Crippen LogP) is 1.83. The number of hydrogen-bond donors (Lipinski definition) is 2. The molecule has 0 radical (unpaired) electrons. The Labute approximate surface area is 112 Å². The van der Waals surface area contributed by atoms with Gasteiger partial charge in [-0.1, -0.05) is 25.9 Å². The van der Waals surface area contributed by atoms with Crippen LogP contribution in [-0.4, -0.2) is 33.4 Å². The van der Waals surface area contributed by atoms with Gasteiger partial charge in [0, 0.05) is 23.6 Å². The van der Waals surface area contributed by atoms with Gasteiger partial charge in [-0.05, 0) is 19.0 Å². The van der Waals surface area contributed by atoms with Gasteiger partial charge >= 0.3 is 0 Å². The number of H-pyrrole nitrogens is 1. The van der Waals surface area contributed by atoms with Crippen LogP contribution in [0.1, 0.15) is 44.6 Å². The molecule has 1 aliphatic heterocycles. The minimum Gasteiger partial charge on any atom is -0.332 e. The minimum atomic E-state index is -0.115. The quantitative estimate of drug-likeness (QED) is 0.862. The maximum atomic E-state index is 5.29. The molecule has 0 aliphatic carbocycles. The highest BCUT2D eigenvalue weighted by Gasteiger charge is 2.24. The van der Waals surface area contributed by atoms with Crippen molar-refractivity contribution in [3.63, 3.8) is 0 Å². The summed E-state index contributed by atoms with van der Waals surface area (Å²) in [5.41, 5.74) is 1.75. The fourth-order valence-corrected chi connectivity index (χ4v) is 2.21. The summed E-state index contributed by atoms with van der Waals surface area (Å²) in [6.07, 6.45) is 1.14. The first-order valence-electron chi connectivity index (χ1n) is 6.64. The number of aromatic amines is 1. The lowest BCUT2D eigenvalue weighted by Crippen LogP contribution is -2.13. The number of nitrogens with one attached hydrogen (secondary N) is 2. The monoisotopic (exact) mass is 261 g/mol. The molecule has 6 nitrogen and oxygen atoms in total. The van der Waals surface area contributed by atoms with Crippen molar-refractivity contribution < 1.29 is 4.52 Å². The van der Waals surface area contributed by atoms with E-state index in [0.29, 0.717) is 17.6 Å². The second-order valence-corrected chi connectivity index (χ2v) is 6.07. The summed E-state index contributed by atoms with van der Waals surface area (Å²) in [7, 11) is 0. The number of rotatable bonds is 2. The van der Waals surface area contributed by atoms with Crippen LogP contribution >= 0.6 is 0 Å². The fourth-order valence-electron chi connectivity index (χ4n) is 2.21. The second-order valence-electron chi connectivity index (χ2n) is 6.07. The van der Waals surface area contributed by atoms with E-state index < -0.39 is 0 Å². The molecule has 1 atom stereocenters. The lowest BCUT2D eigenvalue weighted by molar-refractivity contribution is 0.401. The van der Waals surface area contributed by atoms with E-state index in [-0.39, 0.29) is 5.41 Å². The Hall–Kier alpha value is -1.69. The van der Waals surface area contributed by atoms with Gasteiger partial charge in [0.1, 0.15) is 0 Å². The molecule has 0 bridgehead atoms. The Morgan fingerprint density at radius 1 is 1.37 bits per heavy atom. The summed E-state index contributed by atoms with van der Waals surface area (Å²) in [5, 5.41) is 14.7. The molecule has 3 heterocycles. The summed E-state index contributed by atoms with van der Waals surface area (Å²) in [5.74, 6) is 1.69. The zero-order valence-corrected chi connectivity index (χ0v) is 11.5. The van der Waals surface area contributed by atoms with Crippen LogP contribution in [0, 0.1) is 0 Å². The van der Waals surface area contributed by atoms with E-state index in [1.165, 1.54) is 0 Å². The van der Waals surface area contributed by atoms with Crippen molar-refractivity contribution in [1.29, 1.82) is 0 Å². The van der Waals surface area contributed by atoms with E-state index in [2.05, 4.69) is 46.4 Å². The second kappa shape index (κ2) is 4.45. The normalized spacial score (nSPS) is 20.1. The van der Waals surface area contributed by atoms with Gasteiger partial charge < -0.3 is 9.84 Å². The molecule has 19 heavy (non-hydrogen) atoms. The third-order valence-corrected chi connectivity index (χ3v) is 3.41. The SMILES string of the molecule is CC(C)(C)c1noc(-c2cc(C3CCNC3)[nH]n2)n1. The molecular formula is C13H19N5O. The largest absolute Gasteiger partial charge is 0.332 e. The molecule has 3 rings (SSSR count). The molecule has 102 valence electrons. The van der Waals surface area contributed by atoms with E-state index >= 15 is 0 Å². The molecular weight excluding hydrogens is 242 g/mol. The summed E-state index contributed by atoms with van der Waals surface area (Å²) in [6, 6.07) is 2.01. The van der Waals surface area contributed by atoms with Crippen molar-refractivity contribution in [3.8, 4) is 11.6 Å². The molecule has 2 aromatic heterocycles. The van der Waals surface area contributed by atoms with Gasteiger partial charge in [0.15, 0.2) is 11.5 Å². The Kier molecular flexibility index (Phi) is 2.89. The highest BCUT2D eigenvalue weighted by molar-refractivity contribution is 5.47. The first kappa shape index (κ1) is 12.3. The van der Waals surface area contributed by atoms with Gasteiger partial charge in [0.05, 0.1) is 0 Å². The Bertz CT molecular complexity index is 560. The first-order chi connectivity index (χ1) is 9.04. The number of aromatic nitrogens is 4. The lowest BCUT2D eigenvalue weighted by atomic mass is 9.96. The Morgan fingerprint density at radius 3 is 2.84 bits per heavy atom. The average molecular weight is 261 g/mol. The van der Waals surface area contributed by atoms with E-state index in [1.807, 2.05) is 6.07 Å². The van der Waals surface area contributed by atoms with Crippen molar-refractivity contribution in [2.75, 3.05) is 13.1 Å². The van der Waals surface area contributed by atoms with Gasteiger partial charge in [0.2, 0.25) is 0 Å². The van der Waals surface area contributed by atoms with Gasteiger partial charge in [-0.25, -0.2) is 0 Å². The van der Waals surface area contributed by atoms with Crippen LogP contribution in [0.5, 0.6) is 0 Å². The fraction of sp³-hybridized carbons (Fsp3) is 0.615.